The molecular weight excluding hydrogens is 424 g/mol. The first-order chi connectivity index (χ1) is 15.9. The van der Waals surface area contributed by atoms with E-state index in [9.17, 15) is 19.2 Å². The number of para-hydroxylation sites is 1. The SMILES string of the molecule is CCOC(=O)N1CCN(C(=O)c2ccccc2NC(=O)c2ccc(NC(=O)CC)cc2)CC1. The molecule has 1 aliphatic heterocycles. The smallest absolute Gasteiger partial charge is 0.409 e. The molecule has 33 heavy (non-hydrogen) atoms. The van der Waals surface area contributed by atoms with Crippen LogP contribution in [0.25, 0.3) is 0 Å². The molecule has 0 aliphatic carbocycles. The largest absolute Gasteiger partial charge is 0.450 e. The molecule has 0 atom stereocenters. The molecule has 0 spiro atoms. The summed E-state index contributed by atoms with van der Waals surface area (Å²) in [5.74, 6) is -0.689. The van der Waals surface area contributed by atoms with E-state index in [0.29, 0.717) is 61.7 Å². The summed E-state index contributed by atoms with van der Waals surface area (Å²) in [5.41, 5.74) is 1.79. The van der Waals surface area contributed by atoms with Gasteiger partial charge < -0.3 is 25.2 Å². The summed E-state index contributed by atoms with van der Waals surface area (Å²) in [5, 5.41) is 5.54. The second-order valence-corrected chi connectivity index (χ2v) is 7.46. The number of carbonyl (C=O) groups excluding carboxylic acids is 4. The van der Waals surface area contributed by atoms with E-state index in [1.54, 1.807) is 72.2 Å². The van der Waals surface area contributed by atoms with Gasteiger partial charge in [0, 0.05) is 43.9 Å². The van der Waals surface area contributed by atoms with Crippen molar-refractivity contribution < 1.29 is 23.9 Å². The average molecular weight is 453 g/mol. The summed E-state index contributed by atoms with van der Waals surface area (Å²) in [7, 11) is 0. The summed E-state index contributed by atoms with van der Waals surface area (Å²) < 4.78 is 5.01. The lowest BCUT2D eigenvalue weighted by Crippen LogP contribution is -2.50. The molecule has 1 saturated heterocycles. The number of carbonyl (C=O) groups is 4. The number of nitrogens with zero attached hydrogens (tertiary/aromatic N) is 2. The van der Waals surface area contributed by atoms with Crippen molar-refractivity contribution in [2.75, 3.05) is 43.4 Å². The Hall–Kier alpha value is -3.88. The zero-order valence-electron chi connectivity index (χ0n) is 18.8. The third-order valence-electron chi connectivity index (χ3n) is 5.25. The van der Waals surface area contributed by atoms with E-state index in [-0.39, 0.29) is 23.8 Å². The van der Waals surface area contributed by atoms with Gasteiger partial charge in [0.2, 0.25) is 5.91 Å². The molecule has 1 heterocycles. The highest BCUT2D eigenvalue weighted by atomic mass is 16.6. The second-order valence-electron chi connectivity index (χ2n) is 7.46. The van der Waals surface area contributed by atoms with Gasteiger partial charge in [-0.25, -0.2) is 4.79 Å². The summed E-state index contributed by atoms with van der Waals surface area (Å²) in [4.78, 5) is 52.5. The third-order valence-corrected chi connectivity index (χ3v) is 5.25. The van der Waals surface area contributed by atoms with Crippen molar-refractivity contribution in [1.29, 1.82) is 0 Å². The highest BCUT2D eigenvalue weighted by Gasteiger charge is 2.27. The van der Waals surface area contributed by atoms with Crippen molar-refractivity contribution in [3.8, 4) is 0 Å². The van der Waals surface area contributed by atoms with Crippen LogP contribution in [-0.2, 0) is 9.53 Å². The molecule has 0 aromatic heterocycles. The van der Waals surface area contributed by atoms with E-state index >= 15 is 0 Å². The zero-order valence-corrected chi connectivity index (χ0v) is 18.8. The first-order valence-electron chi connectivity index (χ1n) is 10.9. The molecule has 1 aliphatic rings. The number of rotatable bonds is 6. The highest BCUT2D eigenvalue weighted by Crippen LogP contribution is 2.20. The minimum Gasteiger partial charge on any atom is -0.450 e. The fourth-order valence-electron chi connectivity index (χ4n) is 3.40. The number of anilines is 2. The molecule has 2 N–H and O–H groups in total. The van der Waals surface area contributed by atoms with Crippen LogP contribution in [0.4, 0.5) is 16.2 Å². The van der Waals surface area contributed by atoms with Crippen molar-refractivity contribution >= 4 is 35.2 Å². The molecule has 9 nitrogen and oxygen atoms in total. The Balaban J connectivity index is 1.65. The maximum absolute atomic E-state index is 13.1. The predicted octanol–water partition coefficient (Wildman–Crippen LogP) is 3.20. The van der Waals surface area contributed by atoms with Crippen LogP contribution in [0, 0.1) is 0 Å². The summed E-state index contributed by atoms with van der Waals surface area (Å²) in [6.07, 6.45) is -0.0113. The Morgan fingerprint density at radius 3 is 2.12 bits per heavy atom. The Morgan fingerprint density at radius 1 is 0.848 bits per heavy atom. The molecule has 0 bridgehead atoms. The van der Waals surface area contributed by atoms with Crippen molar-refractivity contribution in [1.82, 2.24) is 9.80 Å². The Kier molecular flexibility index (Phi) is 8.01. The van der Waals surface area contributed by atoms with Gasteiger partial charge >= 0.3 is 6.09 Å². The van der Waals surface area contributed by atoms with Crippen LogP contribution in [0.15, 0.2) is 48.5 Å². The number of piperazine rings is 1. The van der Waals surface area contributed by atoms with Gasteiger partial charge in [0.05, 0.1) is 17.9 Å². The molecule has 1 fully saturated rings. The number of amides is 4. The first kappa shape index (κ1) is 23.8. The predicted molar refractivity (Wildman–Crippen MR) is 124 cm³/mol. The fourth-order valence-corrected chi connectivity index (χ4v) is 3.40. The lowest BCUT2D eigenvalue weighted by atomic mass is 10.1. The number of hydrogen-bond acceptors (Lipinski definition) is 5. The maximum Gasteiger partial charge on any atom is 0.409 e. The molecule has 0 unspecified atom stereocenters. The van der Waals surface area contributed by atoms with Crippen LogP contribution in [0.1, 0.15) is 41.0 Å². The minimum atomic E-state index is -0.377. The van der Waals surface area contributed by atoms with Gasteiger partial charge in [0.15, 0.2) is 0 Å². The number of ether oxygens (including phenoxy) is 1. The van der Waals surface area contributed by atoms with Crippen molar-refractivity contribution in [3.05, 3.63) is 59.7 Å². The standard InChI is InChI=1S/C24H28N4O5/c1-3-21(29)25-18-11-9-17(10-12-18)22(30)26-20-8-6-5-7-19(20)23(31)27-13-15-28(16-14-27)24(32)33-4-2/h5-12H,3-4,13-16H2,1-2H3,(H,25,29)(H,26,30). The fraction of sp³-hybridized carbons (Fsp3) is 0.333. The molecule has 2 aromatic carbocycles. The van der Waals surface area contributed by atoms with E-state index in [4.69, 9.17) is 4.74 Å². The van der Waals surface area contributed by atoms with Gasteiger partial charge in [0.1, 0.15) is 0 Å². The number of benzene rings is 2. The summed E-state index contributed by atoms with van der Waals surface area (Å²) >= 11 is 0. The van der Waals surface area contributed by atoms with Crippen molar-refractivity contribution in [3.63, 3.8) is 0 Å². The van der Waals surface area contributed by atoms with Gasteiger partial charge in [-0.05, 0) is 43.3 Å². The van der Waals surface area contributed by atoms with E-state index in [0.717, 1.165) is 0 Å². The normalized spacial score (nSPS) is 13.3. The van der Waals surface area contributed by atoms with Crippen LogP contribution in [0.5, 0.6) is 0 Å². The van der Waals surface area contributed by atoms with Crippen LogP contribution >= 0.6 is 0 Å². The maximum atomic E-state index is 13.1. The summed E-state index contributed by atoms with van der Waals surface area (Å²) in [6.45, 7) is 5.36. The second kappa shape index (κ2) is 11.1. The molecule has 9 heteroatoms. The molecule has 0 radical (unpaired) electrons. The van der Waals surface area contributed by atoms with Crippen LogP contribution in [0.3, 0.4) is 0 Å². The van der Waals surface area contributed by atoms with E-state index in [1.807, 2.05) is 0 Å². The van der Waals surface area contributed by atoms with E-state index < -0.39 is 0 Å². The highest BCUT2D eigenvalue weighted by molar-refractivity contribution is 6.09. The van der Waals surface area contributed by atoms with E-state index in [2.05, 4.69) is 10.6 Å². The van der Waals surface area contributed by atoms with Crippen molar-refractivity contribution in [2.45, 2.75) is 20.3 Å². The average Bonchev–Trinajstić information content (AvgIpc) is 2.84. The summed E-state index contributed by atoms with van der Waals surface area (Å²) in [6, 6.07) is 13.4. The van der Waals surface area contributed by atoms with Crippen LogP contribution in [0.2, 0.25) is 0 Å². The minimum absolute atomic E-state index is 0.109. The molecule has 2 aromatic rings. The lowest BCUT2D eigenvalue weighted by molar-refractivity contribution is -0.115. The molecule has 3 rings (SSSR count). The first-order valence-corrected chi connectivity index (χ1v) is 10.9. The molecule has 4 amide bonds. The van der Waals surface area contributed by atoms with Crippen LogP contribution < -0.4 is 10.6 Å². The van der Waals surface area contributed by atoms with Gasteiger partial charge in [-0.1, -0.05) is 19.1 Å². The molecule has 174 valence electrons. The molecular formula is C24H28N4O5. The van der Waals surface area contributed by atoms with Gasteiger partial charge in [-0.15, -0.1) is 0 Å². The topological polar surface area (TPSA) is 108 Å². The van der Waals surface area contributed by atoms with Gasteiger partial charge in [-0.2, -0.15) is 0 Å². The zero-order chi connectivity index (χ0) is 23.8. The van der Waals surface area contributed by atoms with Gasteiger partial charge in [0.25, 0.3) is 11.8 Å². The number of nitrogens with one attached hydrogen (secondary N) is 2. The Bertz CT molecular complexity index is 1010. The quantitative estimate of drug-likeness (QED) is 0.700. The van der Waals surface area contributed by atoms with Gasteiger partial charge in [-0.3, -0.25) is 14.4 Å². The Morgan fingerprint density at radius 2 is 1.48 bits per heavy atom. The third kappa shape index (κ3) is 6.09. The van der Waals surface area contributed by atoms with Crippen LogP contribution in [-0.4, -0.2) is 66.4 Å². The molecule has 0 saturated carbocycles. The Labute approximate surface area is 192 Å². The van der Waals surface area contributed by atoms with E-state index in [1.165, 1.54) is 0 Å². The lowest BCUT2D eigenvalue weighted by Gasteiger charge is -2.34. The van der Waals surface area contributed by atoms with Crippen molar-refractivity contribution in [2.24, 2.45) is 0 Å². The number of hydrogen-bond donors (Lipinski definition) is 2. The monoisotopic (exact) mass is 452 g/mol.